The second-order valence-electron chi connectivity index (χ2n) is 5.74. The number of nitrogens with one attached hydrogen (secondary N) is 1. The SMILES string of the molecule is CC(C)CCNC1CCC(C)(C)C1. The smallest absolute Gasteiger partial charge is 0.00723 e. The molecule has 0 bridgehead atoms. The van der Waals surface area contributed by atoms with E-state index in [1.54, 1.807) is 0 Å². The molecule has 0 spiro atoms. The first-order chi connectivity index (χ1) is 5.99. The Balaban J connectivity index is 2.11. The molecule has 0 heterocycles. The maximum absolute atomic E-state index is 3.67. The quantitative estimate of drug-likeness (QED) is 0.706. The van der Waals surface area contributed by atoms with Crippen LogP contribution in [-0.4, -0.2) is 12.6 Å². The molecule has 1 aliphatic carbocycles. The highest BCUT2D eigenvalue weighted by Crippen LogP contribution is 2.36. The lowest BCUT2D eigenvalue weighted by molar-refractivity contribution is 0.362. The minimum absolute atomic E-state index is 0.593. The lowest BCUT2D eigenvalue weighted by atomic mass is 9.92. The van der Waals surface area contributed by atoms with E-state index in [-0.39, 0.29) is 0 Å². The Morgan fingerprint density at radius 3 is 2.54 bits per heavy atom. The average Bonchev–Trinajstić information content (AvgIpc) is 2.29. The third-order valence-corrected chi connectivity index (χ3v) is 3.12. The summed E-state index contributed by atoms with van der Waals surface area (Å²) in [6, 6.07) is 0.800. The summed E-state index contributed by atoms with van der Waals surface area (Å²) in [5.41, 5.74) is 0.593. The van der Waals surface area contributed by atoms with Gasteiger partial charge >= 0.3 is 0 Å². The summed E-state index contributed by atoms with van der Waals surface area (Å²) in [6.07, 6.45) is 5.46. The van der Waals surface area contributed by atoms with Gasteiger partial charge in [-0.3, -0.25) is 0 Å². The van der Waals surface area contributed by atoms with Gasteiger partial charge in [-0.05, 0) is 43.6 Å². The topological polar surface area (TPSA) is 12.0 Å². The number of hydrogen-bond donors (Lipinski definition) is 1. The fraction of sp³-hybridized carbons (Fsp3) is 1.00. The largest absolute Gasteiger partial charge is 0.314 e. The molecule has 1 rings (SSSR count). The molecule has 1 N–H and O–H groups in total. The third-order valence-electron chi connectivity index (χ3n) is 3.12. The molecule has 13 heavy (non-hydrogen) atoms. The molecule has 1 atom stereocenters. The fourth-order valence-electron chi connectivity index (χ4n) is 2.19. The number of hydrogen-bond acceptors (Lipinski definition) is 1. The van der Waals surface area contributed by atoms with Crippen molar-refractivity contribution in [3.05, 3.63) is 0 Å². The van der Waals surface area contributed by atoms with Crippen LogP contribution in [0.5, 0.6) is 0 Å². The standard InChI is InChI=1S/C12H25N/c1-10(2)6-8-13-11-5-7-12(3,4)9-11/h10-11,13H,5-9H2,1-4H3. The van der Waals surface area contributed by atoms with E-state index in [9.17, 15) is 0 Å². The van der Waals surface area contributed by atoms with Gasteiger partial charge in [-0.2, -0.15) is 0 Å². The predicted octanol–water partition coefficient (Wildman–Crippen LogP) is 3.20. The molecule has 0 amide bonds. The molecule has 0 aromatic carbocycles. The minimum atomic E-state index is 0.593. The zero-order chi connectivity index (χ0) is 9.90. The van der Waals surface area contributed by atoms with Crippen molar-refractivity contribution >= 4 is 0 Å². The zero-order valence-corrected chi connectivity index (χ0v) is 9.69. The van der Waals surface area contributed by atoms with Crippen molar-refractivity contribution in [3.63, 3.8) is 0 Å². The van der Waals surface area contributed by atoms with Gasteiger partial charge < -0.3 is 5.32 Å². The molecule has 1 unspecified atom stereocenters. The summed E-state index contributed by atoms with van der Waals surface area (Å²) in [5.74, 6) is 0.835. The molecule has 0 aromatic heterocycles. The van der Waals surface area contributed by atoms with E-state index in [4.69, 9.17) is 0 Å². The van der Waals surface area contributed by atoms with Crippen molar-refractivity contribution in [2.24, 2.45) is 11.3 Å². The van der Waals surface area contributed by atoms with Crippen molar-refractivity contribution in [3.8, 4) is 0 Å². The summed E-state index contributed by atoms with van der Waals surface area (Å²) in [4.78, 5) is 0. The molecule has 0 aromatic rings. The molecule has 1 fully saturated rings. The first-order valence-corrected chi connectivity index (χ1v) is 5.73. The van der Waals surface area contributed by atoms with Gasteiger partial charge in [-0.15, -0.1) is 0 Å². The Labute approximate surface area is 83.3 Å². The van der Waals surface area contributed by atoms with Gasteiger partial charge in [0.05, 0.1) is 0 Å². The third kappa shape index (κ3) is 4.12. The van der Waals surface area contributed by atoms with Crippen LogP contribution >= 0.6 is 0 Å². The highest BCUT2D eigenvalue weighted by Gasteiger charge is 2.30. The summed E-state index contributed by atoms with van der Waals surface area (Å²) >= 11 is 0. The molecular weight excluding hydrogens is 158 g/mol. The minimum Gasteiger partial charge on any atom is -0.314 e. The molecule has 1 saturated carbocycles. The molecule has 0 aliphatic heterocycles. The van der Waals surface area contributed by atoms with Crippen molar-refractivity contribution in [2.75, 3.05) is 6.54 Å². The lowest BCUT2D eigenvalue weighted by Gasteiger charge is -2.18. The zero-order valence-electron chi connectivity index (χ0n) is 9.69. The molecule has 78 valence electrons. The Bertz CT molecular complexity index is 149. The van der Waals surface area contributed by atoms with Crippen LogP contribution in [0.15, 0.2) is 0 Å². The summed E-state index contributed by atoms with van der Waals surface area (Å²) in [5, 5.41) is 3.67. The van der Waals surface area contributed by atoms with Crippen LogP contribution in [0, 0.1) is 11.3 Å². The van der Waals surface area contributed by atoms with E-state index in [1.165, 1.54) is 32.2 Å². The van der Waals surface area contributed by atoms with Gasteiger partial charge in [0, 0.05) is 6.04 Å². The van der Waals surface area contributed by atoms with Crippen LogP contribution in [-0.2, 0) is 0 Å². The number of rotatable bonds is 4. The van der Waals surface area contributed by atoms with Gasteiger partial charge in [0.2, 0.25) is 0 Å². The Morgan fingerprint density at radius 1 is 1.38 bits per heavy atom. The second-order valence-corrected chi connectivity index (χ2v) is 5.74. The molecule has 1 heteroatoms. The van der Waals surface area contributed by atoms with Crippen molar-refractivity contribution in [2.45, 2.75) is 59.4 Å². The lowest BCUT2D eigenvalue weighted by Crippen LogP contribution is -2.28. The van der Waals surface area contributed by atoms with Crippen molar-refractivity contribution in [1.82, 2.24) is 5.32 Å². The fourth-order valence-corrected chi connectivity index (χ4v) is 2.19. The highest BCUT2D eigenvalue weighted by atomic mass is 14.9. The van der Waals surface area contributed by atoms with Gasteiger partial charge in [-0.25, -0.2) is 0 Å². The van der Waals surface area contributed by atoms with Crippen molar-refractivity contribution < 1.29 is 0 Å². The van der Waals surface area contributed by atoms with E-state index in [0.29, 0.717) is 5.41 Å². The van der Waals surface area contributed by atoms with Crippen LogP contribution in [0.4, 0.5) is 0 Å². The van der Waals surface area contributed by atoms with Crippen LogP contribution in [0.25, 0.3) is 0 Å². The van der Waals surface area contributed by atoms with E-state index < -0.39 is 0 Å². The predicted molar refractivity (Wildman–Crippen MR) is 58.9 cm³/mol. The van der Waals surface area contributed by atoms with Gasteiger partial charge in [0.25, 0.3) is 0 Å². The van der Waals surface area contributed by atoms with Crippen LogP contribution < -0.4 is 5.32 Å². The Hall–Kier alpha value is -0.0400. The van der Waals surface area contributed by atoms with E-state index in [1.807, 2.05) is 0 Å². The molecular formula is C12H25N. The molecule has 0 saturated heterocycles. The van der Waals surface area contributed by atoms with E-state index >= 15 is 0 Å². The summed E-state index contributed by atoms with van der Waals surface area (Å²) in [6.45, 7) is 10.6. The maximum Gasteiger partial charge on any atom is 0.00723 e. The first kappa shape index (κ1) is 11.0. The van der Waals surface area contributed by atoms with Crippen LogP contribution in [0.3, 0.4) is 0 Å². The Morgan fingerprint density at radius 2 is 2.08 bits per heavy atom. The first-order valence-electron chi connectivity index (χ1n) is 5.73. The molecule has 1 aliphatic rings. The Kier molecular flexibility index (Phi) is 3.78. The monoisotopic (exact) mass is 183 g/mol. The summed E-state index contributed by atoms with van der Waals surface area (Å²) < 4.78 is 0. The molecule has 1 nitrogen and oxygen atoms in total. The van der Waals surface area contributed by atoms with Crippen LogP contribution in [0.1, 0.15) is 53.4 Å². The van der Waals surface area contributed by atoms with Crippen molar-refractivity contribution in [1.29, 1.82) is 0 Å². The van der Waals surface area contributed by atoms with E-state index in [2.05, 4.69) is 33.0 Å². The maximum atomic E-state index is 3.67. The van der Waals surface area contributed by atoms with E-state index in [0.717, 1.165) is 12.0 Å². The molecule has 0 radical (unpaired) electrons. The van der Waals surface area contributed by atoms with Gasteiger partial charge in [0.1, 0.15) is 0 Å². The highest BCUT2D eigenvalue weighted by molar-refractivity contribution is 4.86. The normalized spacial score (nSPS) is 27.0. The second kappa shape index (κ2) is 4.45. The summed E-state index contributed by atoms with van der Waals surface area (Å²) in [7, 11) is 0. The van der Waals surface area contributed by atoms with Gasteiger partial charge in [0.15, 0.2) is 0 Å². The van der Waals surface area contributed by atoms with Crippen LogP contribution in [0.2, 0.25) is 0 Å². The average molecular weight is 183 g/mol. The van der Waals surface area contributed by atoms with Gasteiger partial charge in [-0.1, -0.05) is 27.7 Å².